The van der Waals surface area contributed by atoms with E-state index in [4.69, 9.17) is 0 Å². The molecule has 0 bridgehead atoms. The van der Waals surface area contributed by atoms with Crippen LogP contribution in [0.25, 0.3) is 0 Å². The molecule has 0 aromatic heterocycles. The van der Waals surface area contributed by atoms with Crippen LogP contribution in [0, 0.1) is 0 Å². The highest BCUT2D eigenvalue weighted by atomic mass is 15.1. The lowest BCUT2D eigenvalue weighted by molar-refractivity contribution is 0.359. The predicted molar refractivity (Wildman–Crippen MR) is 68.4 cm³/mol. The van der Waals surface area contributed by atoms with Crippen molar-refractivity contribution in [2.24, 2.45) is 0 Å². The summed E-state index contributed by atoms with van der Waals surface area (Å²) >= 11 is 0. The number of nitrogens with one attached hydrogen (secondary N) is 2. The Morgan fingerprint density at radius 1 is 1.13 bits per heavy atom. The molecule has 0 radical (unpaired) electrons. The van der Waals surface area contributed by atoms with E-state index in [1.54, 1.807) is 0 Å². The van der Waals surface area contributed by atoms with Crippen molar-refractivity contribution < 1.29 is 0 Å². The Morgan fingerprint density at radius 2 is 1.73 bits per heavy atom. The average molecular weight is 215 g/mol. The zero-order valence-corrected chi connectivity index (χ0v) is 11.4. The van der Waals surface area contributed by atoms with E-state index in [2.05, 4.69) is 57.3 Å². The van der Waals surface area contributed by atoms with Gasteiger partial charge in [0.2, 0.25) is 0 Å². The lowest BCUT2D eigenvalue weighted by atomic mass is 10.1. The molecule has 3 nitrogen and oxygen atoms in total. The number of hydrogen-bond acceptors (Lipinski definition) is 3. The second-order valence-corrected chi connectivity index (χ2v) is 5.62. The van der Waals surface area contributed by atoms with Gasteiger partial charge in [-0.3, -0.25) is 0 Å². The molecule has 1 unspecified atom stereocenters. The van der Waals surface area contributed by atoms with Crippen LogP contribution in [0.1, 0.15) is 34.1 Å². The molecule has 0 saturated heterocycles. The van der Waals surface area contributed by atoms with Gasteiger partial charge in [0.15, 0.2) is 0 Å². The second-order valence-electron chi connectivity index (χ2n) is 5.62. The van der Waals surface area contributed by atoms with Gasteiger partial charge in [-0.1, -0.05) is 0 Å². The molecule has 0 rings (SSSR count). The Kier molecular flexibility index (Phi) is 7.14. The van der Waals surface area contributed by atoms with Gasteiger partial charge in [0.1, 0.15) is 0 Å². The molecule has 0 heterocycles. The summed E-state index contributed by atoms with van der Waals surface area (Å²) in [5.74, 6) is 0. The van der Waals surface area contributed by atoms with E-state index >= 15 is 0 Å². The van der Waals surface area contributed by atoms with Gasteiger partial charge in [-0.25, -0.2) is 0 Å². The van der Waals surface area contributed by atoms with Gasteiger partial charge in [0.25, 0.3) is 0 Å². The van der Waals surface area contributed by atoms with Crippen LogP contribution in [-0.2, 0) is 0 Å². The number of hydrogen-bond donors (Lipinski definition) is 2. The molecular formula is C12H29N3. The van der Waals surface area contributed by atoms with Crippen LogP contribution in [0.5, 0.6) is 0 Å². The van der Waals surface area contributed by atoms with Gasteiger partial charge in [0.05, 0.1) is 0 Å². The van der Waals surface area contributed by atoms with Gasteiger partial charge in [-0.15, -0.1) is 0 Å². The van der Waals surface area contributed by atoms with E-state index in [0.717, 1.165) is 19.6 Å². The minimum absolute atomic E-state index is 0.231. The van der Waals surface area contributed by atoms with Gasteiger partial charge in [-0.2, -0.15) is 0 Å². The molecule has 0 aromatic carbocycles. The van der Waals surface area contributed by atoms with Crippen molar-refractivity contribution in [1.29, 1.82) is 0 Å². The van der Waals surface area contributed by atoms with Crippen LogP contribution in [-0.4, -0.2) is 50.2 Å². The van der Waals surface area contributed by atoms with Crippen LogP contribution < -0.4 is 10.6 Å². The lowest BCUT2D eigenvalue weighted by Crippen LogP contribution is -2.42. The van der Waals surface area contributed by atoms with Crippen LogP contribution in [0.2, 0.25) is 0 Å². The minimum Gasteiger partial charge on any atom is -0.313 e. The summed E-state index contributed by atoms with van der Waals surface area (Å²) < 4.78 is 0. The topological polar surface area (TPSA) is 27.3 Å². The Balaban J connectivity index is 3.35. The highest BCUT2D eigenvalue weighted by molar-refractivity contribution is 4.71. The van der Waals surface area contributed by atoms with E-state index in [1.165, 1.54) is 6.42 Å². The van der Waals surface area contributed by atoms with Crippen molar-refractivity contribution in [3.05, 3.63) is 0 Å². The molecular weight excluding hydrogens is 186 g/mol. The molecule has 92 valence electrons. The third kappa shape index (κ3) is 11.8. The molecule has 0 aliphatic heterocycles. The van der Waals surface area contributed by atoms with E-state index in [-0.39, 0.29) is 5.54 Å². The van der Waals surface area contributed by atoms with Crippen molar-refractivity contribution in [2.45, 2.75) is 45.7 Å². The summed E-state index contributed by atoms with van der Waals surface area (Å²) in [6, 6.07) is 0.606. The number of nitrogens with zero attached hydrogens (tertiary/aromatic N) is 1. The quantitative estimate of drug-likeness (QED) is 0.627. The first-order chi connectivity index (χ1) is 6.81. The molecule has 0 aromatic rings. The van der Waals surface area contributed by atoms with Crippen molar-refractivity contribution in [3.63, 3.8) is 0 Å². The van der Waals surface area contributed by atoms with Crippen molar-refractivity contribution in [3.8, 4) is 0 Å². The first-order valence-corrected chi connectivity index (χ1v) is 5.94. The van der Waals surface area contributed by atoms with E-state index in [1.807, 2.05) is 0 Å². The molecule has 0 spiro atoms. The molecule has 15 heavy (non-hydrogen) atoms. The van der Waals surface area contributed by atoms with E-state index in [0.29, 0.717) is 6.04 Å². The Labute approximate surface area is 95.6 Å². The van der Waals surface area contributed by atoms with Gasteiger partial charge in [-0.05, 0) is 54.8 Å². The SMILES string of the molecule is CC(CCN(C)C)NCCNC(C)(C)C. The summed E-state index contributed by atoms with van der Waals surface area (Å²) in [6.45, 7) is 12.1. The molecule has 0 aliphatic carbocycles. The summed E-state index contributed by atoms with van der Waals surface area (Å²) in [5, 5.41) is 6.99. The average Bonchev–Trinajstić information content (AvgIpc) is 2.07. The third-order valence-electron chi connectivity index (χ3n) is 2.28. The van der Waals surface area contributed by atoms with Crippen molar-refractivity contribution >= 4 is 0 Å². The van der Waals surface area contributed by atoms with Crippen LogP contribution in [0.3, 0.4) is 0 Å². The Morgan fingerprint density at radius 3 is 2.20 bits per heavy atom. The summed E-state index contributed by atoms with van der Waals surface area (Å²) in [7, 11) is 4.24. The molecule has 0 amide bonds. The normalized spacial score (nSPS) is 14.6. The van der Waals surface area contributed by atoms with Crippen molar-refractivity contribution in [2.75, 3.05) is 33.7 Å². The third-order valence-corrected chi connectivity index (χ3v) is 2.28. The van der Waals surface area contributed by atoms with Crippen LogP contribution in [0.4, 0.5) is 0 Å². The van der Waals surface area contributed by atoms with Crippen molar-refractivity contribution in [1.82, 2.24) is 15.5 Å². The van der Waals surface area contributed by atoms with Crippen LogP contribution >= 0.6 is 0 Å². The Bertz CT molecular complexity index is 149. The first-order valence-electron chi connectivity index (χ1n) is 5.94. The molecule has 2 N–H and O–H groups in total. The lowest BCUT2D eigenvalue weighted by Gasteiger charge is -2.22. The van der Waals surface area contributed by atoms with E-state index in [9.17, 15) is 0 Å². The fourth-order valence-corrected chi connectivity index (χ4v) is 1.31. The highest BCUT2D eigenvalue weighted by Gasteiger charge is 2.07. The second kappa shape index (κ2) is 7.20. The highest BCUT2D eigenvalue weighted by Crippen LogP contribution is 1.96. The maximum absolute atomic E-state index is 3.52. The molecule has 0 saturated carbocycles. The van der Waals surface area contributed by atoms with E-state index < -0.39 is 0 Å². The molecule has 3 heteroatoms. The van der Waals surface area contributed by atoms with Gasteiger partial charge >= 0.3 is 0 Å². The fraction of sp³-hybridized carbons (Fsp3) is 1.00. The first kappa shape index (κ1) is 14.9. The zero-order valence-electron chi connectivity index (χ0n) is 11.4. The summed E-state index contributed by atoms with van der Waals surface area (Å²) in [5.41, 5.74) is 0.231. The molecule has 0 aliphatic rings. The van der Waals surface area contributed by atoms with Crippen LogP contribution in [0.15, 0.2) is 0 Å². The summed E-state index contributed by atoms with van der Waals surface area (Å²) in [4.78, 5) is 2.23. The monoisotopic (exact) mass is 215 g/mol. The molecule has 0 fully saturated rings. The fourth-order valence-electron chi connectivity index (χ4n) is 1.31. The maximum Gasteiger partial charge on any atom is 0.00970 e. The van der Waals surface area contributed by atoms with Gasteiger partial charge in [0, 0.05) is 24.7 Å². The standard InChI is InChI=1S/C12H29N3/c1-11(7-10-15(5)6)13-8-9-14-12(2,3)4/h11,13-14H,7-10H2,1-6H3. The maximum atomic E-state index is 3.52. The number of rotatable bonds is 7. The minimum atomic E-state index is 0.231. The molecule has 1 atom stereocenters. The largest absolute Gasteiger partial charge is 0.313 e. The zero-order chi connectivity index (χ0) is 11.9. The Hall–Kier alpha value is -0.120. The smallest absolute Gasteiger partial charge is 0.00970 e. The predicted octanol–water partition coefficient (Wildman–Crippen LogP) is 1.30. The summed E-state index contributed by atoms with van der Waals surface area (Å²) in [6.07, 6.45) is 1.21. The van der Waals surface area contributed by atoms with Gasteiger partial charge < -0.3 is 15.5 Å².